The molecule has 6 nitrogen and oxygen atoms in total. The molecule has 0 unspecified atom stereocenters. The van der Waals surface area contributed by atoms with Gasteiger partial charge in [-0.2, -0.15) is 5.10 Å². The van der Waals surface area contributed by atoms with Crippen LogP contribution in [0.4, 0.5) is 0 Å². The van der Waals surface area contributed by atoms with Gasteiger partial charge in [0.25, 0.3) is 0 Å². The van der Waals surface area contributed by atoms with E-state index in [4.69, 9.17) is 0 Å². The summed E-state index contributed by atoms with van der Waals surface area (Å²) in [6.45, 7) is 3.95. The average molecular weight is 255 g/mol. The van der Waals surface area contributed by atoms with Crippen LogP contribution in [0.15, 0.2) is 29.3 Å². The molecule has 6 heteroatoms. The number of hydrogen-bond acceptors (Lipinski definition) is 4. The summed E-state index contributed by atoms with van der Waals surface area (Å²) in [5.74, 6) is 0.566. The Morgan fingerprint density at radius 1 is 1.42 bits per heavy atom. The van der Waals surface area contributed by atoms with Crippen LogP contribution in [-0.4, -0.2) is 24.6 Å². The first-order chi connectivity index (χ1) is 9.22. The highest BCUT2D eigenvalue weighted by Crippen LogP contribution is 2.20. The fourth-order valence-electron chi connectivity index (χ4n) is 2.24. The van der Waals surface area contributed by atoms with Crippen LogP contribution in [0.3, 0.4) is 0 Å². The Bertz CT molecular complexity index is 788. The molecule has 3 heterocycles. The van der Waals surface area contributed by atoms with E-state index < -0.39 is 0 Å². The molecular formula is C13H13N5O. The molecule has 0 aliphatic rings. The number of rotatable bonds is 2. The minimum absolute atomic E-state index is 0.281. The van der Waals surface area contributed by atoms with Gasteiger partial charge in [0.05, 0.1) is 0 Å². The highest BCUT2D eigenvalue weighted by molar-refractivity contribution is 5.61. The van der Waals surface area contributed by atoms with Crippen molar-refractivity contribution < 1.29 is 0 Å². The molecule has 3 rings (SSSR count). The summed E-state index contributed by atoms with van der Waals surface area (Å²) in [4.78, 5) is 20.5. The molecule has 0 aliphatic heterocycles. The predicted octanol–water partition coefficient (Wildman–Crippen LogP) is 1.35. The van der Waals surface area contributed by atoms with Crippen LogP contribution in [0.5, 0.6) is 0 Å². The number of pyridine rings is 1. The summed E-state index contributed by atoms with van der Waals surface area (Å²) >= 11 is 0. The normalized spacial score (nSPS) is 11.1. The van der Waals surface area contributed by atoms with Crippen molar-refractivity contribution in [3.05, 3.63) is 46.3 Å². The number of aryl methyl sites for hydroxylation is 2. The van der Waals surface area contributed by atoms with E-state index in [0.717, 1.165) is 23.2 Å². The third kappa shape index (κ3) is 1.72. The summed E-state index contributed by atoms with van der Waals surface area (Å²) in [6, 6.07) is 3.69. The molecule has 3 aromatic heterocycles. The first kappa shape index (κ1) is 11.6. The van der Waals surface area contributed by atoms with Gasteiger partial charge in [-0.05, 0) is 25.5 Å². The van der Waals surface area contributed by atoms with Crippen molar-refractivity contribution in [2.75, 3.05) is 0 Å². The van der Waals surface area contributed by atoms with E-state index >= 15 is 0 Å². The minimum atomic E-state index is -0.281. The standard InChI is InChI=1S/C13H13N5O/c1-3-10-8(2)15-11(9-5-4-6-14-7-9)18-12(10)16-17-13(18)19/h4-7H,3H2,1-2H3,(H,17,19). The van der Waals surface area contributed by atoms with Crippen LogP contribution in [0.1, 0.15) is 18.2 Å². The van der Waals surface area contributed by atoms with Gasteiger partial charge in [-0.1, -0.05) is 6.92 Å². The summed E-state index contributed by atoms with van der Waals surface area (Å²) in [6.07, 6.45) is 4.15. The fraction of sp³-hybridized carbons (Fsp3) is 0.231. The summed E-state index contributed by atoms with van der Waals surface area (Å²) in [5, 5.41) is 6.59. The molecule has 96 valence electrons. The Morgan fingerprint density at radius 3 is 2.95 bits per heavy atom. The van der Waals surface area contributed by atoms with E-state index in [1.54, 1.807) is 12.4 Å². The Labute approximate surface area is 109 Å². The van der Waals surface area contributed by atoms with Crippen LogP contribution < -0.4 is 5.69 Å². The van der Waals surface area contributed by atoms with E-state index in [1.807, 2.05) is 26.0 Å². The van der Waals surface area contributed by atoms with Gasteiger partial charge >= 0.3 is 5.69 Å². The molecule has 0 atom stereocenters. The largest absolute Gasteiger partial charge is 0.349 e. The van der Waals surface area contributed by atoms with Crippen LogP contribution in [0.25, 0.3) is 17.0 Å². The number of nitrogens with one attached hydrogen (secondary N) is 1. The van der Waals surface area contributed by atoms with Crippen LogP contribution >= 0.6 is 0 Å². The molecule has 0 saturated heterocycles. The molecule has 0 radical (unpaired) electrons. The lowest BCUT2D eigenvalue weighted by molar-refractivity contribution is 0.962. The Balaban J connectivity index is 2.44. The quantitative estimate of drug-likeness (QED) is 0.750. The van der Waals surface area contributed by atoms with E-state index in [1.165, 1.54) is 4.40 Å². The maximum atomic E-state index is 11.9. The summed E-state index contributed by atoms with van der Waals surface area (Å²) in [5.41, 5.74) is 3.01. The van der Waals surface area contributed by atoms with E-state index in [0.29, 0.717) is 11.5 Å². The molecule has 0 amide bonds. The third-order valence-electron chi connectivity index (χ3n) is 3.14. The van der Waals surface area contributed by atoms with Gasteiger partial charge in [0, 0.05) is 29.2 Å². The smallest absolute Gasteiger partial charge is 0.264 e. The molecule has 0 fully saturated rings. The fourth-order valence-corrected chi connectivity index (χ4v) is 2.24. The first-order valence-electron chi connectivity index (χ1n) is 6.09. The molecule has 0 bridgehead atoms. The van der Waals surface area contributed by atoms with E-state index in [-0.39, 0.29) is 5.69 Å². The Morgan fingerprint density at radius 2 is 2.26 bits per heavy atom. The van der Waals surface area contributed by atoms with Gasteiger partial charge < -0.3 is 0 Å². The van der Waals surface area contributed by atoms with E-state index in [9.17, 15) is 4.79 Å². The summed E-state index contributed by atoms with van der Waals surface area (Å²) in [7, 11) is 0. The molecule has 1 N–H and O–H groups in total. The van der Waals surface area contributed by atoms with Crippen LogP contribution in [0.2, 0.25) is 0 Å². The second-order valence-electron chi connectivity index (χ2n) is 4.28. The van der Waals surface area contributed by atoms with Gasteiger partial charge in [-0.25, -0.2) is 19.3 Å². The molecule has 0 aromatic carbocycles. The average Bonchev–Trinajstić information content (AvgIpc) is 2.81. The lowest BCUT2D eigenvalue weighted by atomic mass is 10.1. The second kappa shape index (κ2) is 4.31. The van der Waals surface area contributed by atoms with Crippen molar-refractivity contribution >= 4 is 5.65 Å². The van der Waals surface area contributed by atoms with Gasteiger partial charge in [0.1, 0.15) is 0 Å². The molecule has 3 aromatic rings. The van der Waals surface area contributed by atoms with Gasteiger partial charge in [-0.3, -0.25) is 4.98 Å². The van der Waals surface area contributed by atoms with Crippen molar-refractivity contribution in [1.29, 1.82) is 0 Å². The number of aromatic nitrogens is 5. The maximum Gasteiger partial charge on any atom is 0.349 e. The van der Waals surface area contributed by atoms with Gasteiger partial charge in [0.2, 0.25) is 0 Å². The van der Waals surface area contributed by atoms with E-state index in [2.05, 4.69) is 20.2 Å². The van der Waals surface area contributed by atoms with Crippen LogP contribution in [0, 0.1) is 6.92 Å². The minimum Gasteiger partial charge on any atom is -0.264 e. The summed E-state index contributed by atoms with van der Waals surface area (Å²) < 4.78 is 1.50. The Hall–Kier alpha value is -2.50. The number of H-pyrrole nitrogens is 1. The molecule has 19 heavy (non-hydrogen) atoms. The SMILES string of the molecule is CCc1c(C)nc(-c2cccnc2)n2c(=O)[nH]nc12. The molecule has 0 saturated carbocycles. The zero-order valence-electron chi connectivity index (χ0n) is 10.7. The van der Waals surface area contributed by atoms with Crippen LogP contribution in [-0.2, 0) is 6.42 Å². The number of fused-ring (bicyclic) bond motifs is 1. The highest BCUT2D eigenvalue weighted by atomic mass is 16.1. The van der Waals surface area contributed by atoms with Crippen molar-refractivity contribution in [3.63, 3.8) is 0 Å². The number of nitrogens with zero attached hydrogens (tertiary/aromatic N) is 4. The monoisotopic (exact) mass is 255 g/mol. The lowest BCUT2D eigenvalue weighted by Gasteiger charge is -2.08. The number of hydrogen-bond donors (Lipinski definition) is 1. The first-order valence-corrected chi connectivity index (χ1v) is 6.09. The molecule has 0 spiro atoms. The third-order valence-corrected chi connectivity index (χ3v) is 3.14. The molecular weight excluding hydrogens is 242 g/mol. The Kier molecular flexibility index (Phi) is 2.63. The highest BCUT2D eigenvalue weighted by Gasteiger charge is 2.15. The predicted molar refractivity (Wildman–Crippen MR) is 71.0 cm³/mol. The van der Waals surface area contributed by atoms with Gasteiger partial charge in [-0.15, -0.1) is 0 Å². The maximum absolute atomic E-state index is 11.9. The van der Waals surface area contributed by atoms with Crippen molar-refractivity contribution in [1.82, 2.24) is 24.6 Å². The second-order valence-corrected chi connectivity index (χ2v) is 4.28. The zero-order chi connectivity index (χ0) is 13.4. The van der Waals surface area contributed by atoms with Crippen molar-refractivity contribution in [3.8, 4) is 11.4 Å². The topological polar surface area (TPSA) is 75.9 Å². The number of aromatic amines is 1. The zero-order valence-corrected chi connectivity index (χ0v) is 10.7. The van der Waals surface area contributed by atoms with Crippen molar-refractivity contribution in [2.45, 2.75) is 20.3 Å². The van der Waals surface area contributed by atoms with Gasteiger partial charge in [0.15, 0.2) is 11.5 Å². The molecule has 0 aliphatic carbocycles. The lowest BCUT2D eigenvalue weighted by Crippen LogP contribution is -2.14. The van der Waals surface area contributed by atoms with Crippen molar-refractivity contribution in [2.24, 2.45) is 0 Å².